The van der Waals surface area contributed by atoms with E-state index in [4.69, 9.17) is 0 Å². The summed E-state index contributed by atoms with van der Waals surface area (Å²) in [4.78, 5) is 15.6. The predicted octanol–water partition coefficient (Wildman–Crippen LogP) is 3.12. The topological polar surface area (TPSA) is 88.5 Å². The molecule has 0 saturated carbocycles. The number of fused-ring (bicyclic) bond motifs is 1. The number of hydrogen-bond acceptors (Lipinski definition) is 5. The molecule has 0 aliphatic carbocycles. The molecule has 29 heavy (non-hydrogen) atoms. The van der Waals surface area contributed by atoms with Crippen molar-refractivity contribution in [3.63, 3.8) is 0 Å². The highest BCUT2D eigenvalue weighted by Crippen LogP contribution is 2.23. The van der Waals surface area contributed by atoms with E-state index in [2.05, 4.69) is 25.8 Å². The zero-order valence-electron chi connectivity index (χ0n) is 15.7. The smallest absolute Gasteiger partial charge is 0.233 e. The van der Waals surface area contributed by atoms with E-state index in [9.17, 15) is 9.18 Å². The van der Waals surface area contributed by atoms with Gasteiger partial charge in [0.15, 0.2) is 0 Å². The van der Waals surface area contributed by atoms with Crippen LogP contribution in [0.5, 0.6) is 0 Å². The Kier molecular flexibility index (Phi) is 5.57. The second-order valence-electron chi connectivity index (χ2n) is 6.51. The summed E-state index contributed by atoms with van der Waals surface area (Å²) in [6, 6.07) is 14.2. The van der Waals surface area contributed by atoms with Crippen LogP contribution in [0.1, 0.15) is 12.5 Å². The molecule has 0 spiro atoms. The average molecular weight is 410 g/mol. The Labute approximate surface area is 170 Å². The van der Waals surface area contributed by atoms with Crippen molar-refractivity contribution in [1.82, 2.24) is 30.5 Å². The van der Waals surface area contributed by atoms with Gasteiger partial charge in [0.2, 0.25) is 11.1 Å². The van der Waals surface area contributed by atoms with E-state index in [0.29, 0.717) is 18.1 Å². The number of thioether (sulfide) groups is 1. The minimum absolute atomic E-state index is 0.108. The van der Waals surface area contributed by atoms with E-state index < -0.39 is 0 Å². The van der Waals surface area contributed by atoms with Gasteiger partial charge in [-0.15, -0.1) is 5.10 Å². The number of amides is 1. The number of nitrogens with zero attached hydrogens (tertiary/aromatic N) is 4. The van der Waals surface area contributed by atoms with Crippen molar-refractivity contribution in [1.29, 1.82) is 0 Å². The zero-order chi connectivity index (χ0) is 20.2. The number of carbonyl (C=O) groups is 1. The molecule has 2 aromatic carbocycles. The predicted molar refractivity (Wildman–Crippen MR) is 109 cm³/mol. The first-order valence-corrected chi connectivity index (χ1v) is 10.0. The number of nitrogens with one attached hydrogen (secondary N) is 2. The zero-order valence-corrected chi connectivity index (χ0v) is 16.5. The van der Waals surface area contributed by atoms with E-state index >= 15 is 0 Å². The molecule has 7 nitrogen and oxygen atoms in total. The van der Waals surface area contributed by atoms with E-state index in [0.717, 1.165) is 22.2 Å². The lowest BCUT2D eigenvalue weighted by Gasteiger charge is -2.11. The Morgan fingerprint density at radius 3 is 2.93 bits per heavy atom. The second-order valence-corrected chi connectivity index (χ2v) is 7.82. The molecule has 2 aromatic heterocycles. The molecule has 1 unspecified atom stereocenters. The second kappa shape index (κ2) is 8.44. The number of H-pyrrole nitrogens is 1. The van der Waals surface area contributed by atoms with E-state index in [1.807, 2.05) is 43.5 Å². The van der Waals surface area contributed by atoms with Crippen molar-refractivity contribution in [3.05, 3.63) is 66.1 Å². The Morgan fingerprint density at radius 2 is 2.10 bits per heavy atom. The maximum absolute atomic E-state index is 13.5. The SMILES string of the molecule is CC(Sc1nnnn1-c1ccccc1)C(=O)NCCc1c[nH]c2ccc(F)cc12. The Morgan fingerprint density at radius 1 is 1.28 bits per heavy atom. The van der Waals surface area contributed by atoms with Crippen LogP contribution in [0.2, 0.25) is 0 Å². The standard InChI is InChI=1S/C20H19FN6OS/c1-13(29-20-24-25-26-27(20)16-5-3-2-4-6-16)19(28)22-10-9-14-12-23-18-8-7-15(21)11-17(14)18/h2-8,11-13,23H,9-10H2,1H3,(H,22,28). The van der Waals surface area contributed by atoms with Gasteiger partial charge in [0.1, 0.15) is 5.82 Å². The molecule has 0 bridgehead atoms. The lowest BCUT2D eigenvalue weighted by Crippen LogP contribution is -2.32. The highest BCUT2D eigenvalue weighted by atomic mass is 32.2. The fourth-order valence-electron chi connectivity index (χ4n) is 3.02. The number of aromatic nitrogens is 5. The number of tetrazole rings is 1. The molecule has 9 heteroatoms. The van der Waals surface area contributed by atoms with E-state index in [1.165, 1.54) is 23.9 Å². The van der Waals surface area contributed by atoms with Crippen LogP contribution in [0.25, 0.3) is 16.6 Å². The van der Waals surface area contributed by atoms with Crippen LogP contribution in [0, 0.1) is 5.82 Å². The van der Waals surface area contributed by atoms with Crippen molar-refractivity contribution in [2.45, 2.75) is 23.8 Å². The molecule has 0 aliphatic heterocycles. The summed E-state index contributed by atoms with van der Waals surface area (Å²) in [6.07, 6.45) is 2.46. The van der Waals surface area contributed by atoms with Gasteiger partial charge in [0.25, 0.3) is 0 Å². The number of hydrogen-bond donors (Lipinski definition) is 2. The molecular weight excluding hydrogens is 391 g/mol. The first-order chi connectivity index (χ1) is 14.1. The number of benzene rings is 2. The van der Waals surface area contributed by atoms with Crippen LogP contribution >= 0.6 is 11.8 Å². The molecule has 0 fully saturated rings. The first-order valence-electron chi connectivity index (χ1n) is 9.15. The van der Waals surface area contributed by atoms with Crippen molar-refractivity contribution in [2.75, 3.05) is 6.54 Å². The summed E-state index contributed by atoms with van der Waals surface area (Å²) < 4.78 is 15.1. The summed E-state index contributed by atoms with van der Waals surface area (Å²) in [7, 11) is 0. The fourth-order valence-corrected chi connectivity index (χ4v) is 3.85. The molecule has 1 amide bonds. The Hall–Kier alpha value is -3.20. The van der Waals surface area contributed by atoms with E-state index in [1.54, 1.807) is 10.7 Å². The van der Waals surface area contributed by atoms with Crippen LogP contribution in [0.15, 0.2) is 59.9 Å². The maximum atomic E-state index is 13.5. The van der Waals surface area contributed by atoms with E-state index in [-0.39, 0.29) is 17.0 Å². The molecule has 2 heterocycles. The summed E-state index contributed by atoms with van der Waals surface area (Å²) in [6.45, 7) is 2.27. The molecular formula is C20H19FN6OS. The fraction of sp³-hybridized carbons (Fsp3) is 0.200. The number of aromatic amines is 1. The van der Waals surface area contributed by atoms with Gasteiger partial charge in [-0.25, -0.2) is 4.39 Å². The van der Waals surface area contributed by atoms with Gasteiger partial charge in [-0.1, -0.05) is 30.0 Å². The van der Waals surface area contributed by atoms with Gasteiger partial charge in [-0.3, -0.25) is 4.79 Å². The van der Waals surface area contributed by atoms with Crippen molar-refractivity contribution < 1.29 is 9.18 Å². The third-order valence-electron chi connectivity index (χ3n) is 4.52. The molecule has 2 N–H and O–H groups in total. The van der Waals surface area contributed by atoms with Crippen LogP contribution < -0.4 is 5.32 Å². The van der Waals surface area contributed by atoms with Crippen LogP contribution in [-0.4, -0.2) is 42.9 Å². The highest BCUT2D eigenvalue weighted by Gasteiger charge is 2.19. The number of rotatable bonds is 7. The van der Waals surface area contributed by atoms with Crippen molar-refractivity contribution >= 4 is 28.6 Å². The minimum atomic E-state index is -0.371. The monoisotopic (exact) mass is 410 g/mol. The number of carbonyl (C=O) groups excluding carboxylic acids is 1. The molecule has 4 aromatic rings. The first kappa shape index (κ1) is 19.1. The summed E-state index contributed by atoms with van der Waals surface area (Å²) in [5.74, 6) is -0.382. The van der Waals surface area contributed by atoms with Crippen LogP contribution in [0.3, 0.4) is 0 Å². The van der Waals surface area contributed by atoms with Gasteiger partial charge < -0.3 is 10.3 Å². The summed E-state index contributed by atoms with van der Waals surface area (Å²) in [5.41, 5.74) is 2.68. The van der Waals surface area contributed by atoms with Crippen molar-refractivity contribution in [3.8, 4) is 5.69 Å². The summed E-state index contributed by atoms with van der Waals surface area (Å²) >= 11 is 1.29. The molecule has 4 rings (SSSR count). The number of halogens is 1. The molecule has 1 atom stereocenters. The summed E-state index contributed by atoms with van der Waals surface area (Å²) in [5, 5.41) is 15.7. The van der Waals surface area contributed by atoms with Gasteiger partial charge in [0.05, 0.1) is 10.9 Å². The number of para-hydroxylation sites is 1. The normalized spacial score (nSPS) is 12.2. The van der Waals surface area contributed by atoms with Gasteiger partial charge in [0, 0.05) is 23.6 Å². The van der Waals surface area contributed by atoms with Crippen LogP contribution in [-0.2, 0) is 11.2 Å². The lowest BCUT2D eigenvalue weighted by molar-refractivity contribution is -0.120. The average Bonchev–Trinajstić information content (AvgIpc) is 3.35. The Balaban J connectivity index is 1.35. The molecule has 0 saturated heterocycles. The van der Waals surface area contributed by atoms with Crippen molar-refractivity contribution in [2.24, 2.45) is 0 Å². The Bertz CT molecular complexity index is 1130. The third-order valence-corrected chi connectivity index (χ3v) is 5.55. The highest BCUT2D eigenvalue weighted by molar-refractivity contribution is 8.00. The minimum Gasteiger partial charge on any atom is -0.361 e. The molecule has 0 radical (unpaired) electrons. The largest absolute Gasteiger partial charge is 0.361 e. The molecule has 0 aliphatic rings. The lowest BCUT2D eigenvalue weighted by atomic mass is 10.1. The molecule has 148 valence electrons. The van der Waals surface area contributed by atoms with Gasteiger partial charge in [-0.2, -0.15) is 4.68 Å². The van der Waals surface area contributed by atoms with Gasteiger partial charge in [-0.05, 0) is 59.7 Å². The maximum Gasteiger partial charge on any atom is 0.233 e. The van der Waals surface area contributed by atoms with Gasteiger partial charge >= 0.3 is 0 Å². The van der Waals surface area contributed by atoms with Crippen LogP contribution in [0.4, 0.5) is 4.39 Å². The third kappa shape index (κ3) is 4.29. The quantitative estimate of drug-likeness (QED) is 0.457.